The van der Waals surface area contributed by atoms with E-state index in [1.54, 1.807) is 10.7 Å². The zero-order valence-corrected chi connectivity index (χ0v) is 13.2. The minimum Gasteiger partial charge on any atom is -0.464 e. The molecule has 0 aliphatic carbocycles. The highest BCUT2D eigenvalue weighted by atomic mass is 16.5. The number of carbonyl (C=O) groups is 1. The molecule has 0 bridgehead atoms. The Bertz CT molecular complexity index is 805. The minimum atomic E-state index is -0.383. The Morgan fingerprint density at radius 1 is 1.09 bits per heavy atom. The molecular formula is C19H18N2O2. The molecule has 3 aromatic rings. The van der Waals surface area contributed by atoms with Crippen molar-refractivity contribution >= 4 is 5.97 Å². The summed E-state index contributed by atoms with van der Waals surface area (Å²) < 4.78 is 6.57. The third kappa shape index (κ3) is 3.31. The highest BCUT2D eigenvalue weighted by Gasteiger charge is 2.17. The first kappa shape index (κ1) is 15.0. The van der Waals surface area contributed by atoms with Crippen LogP contribution in [0, 0.1) is 6.92 Å². The summed E-state index contributed by atoms with van der Waals surface area (Å²) in [6.07, 6.45) is 0. The molecule has 1 aromatic heterocycles. The van der Waals surface area contributed by atoms with Gasteiger partial charge >= 0.3 is 5.97 Å². The van der Waals surface area contributed by atoms with E-state index in [9.17, 15) is 4.79 Å². The Morgan fingerprint density at radius 3 is 2.43 bits per heavy atom. The first-order valence-electron chi connectivity index (χ1n) is 7.44. The SMILES string of the molecule is COC(=O)c1cc(-c2ccc(C)cc2)nn1Cc1ccccc1. The molecule has 0 N–H and O–H groups in total. The van der Waals surface area contributed by atoms with Gasteiger partial charge in [-0.2, -0.15) is 5.10 Å². The number of benzene rings is 2. The summed E-state index contributed by atoms with van der Waals surface area (Å²) in [5.41, 5.74) is 4.46. The summed E-state index contributed by atoms with van der Waals surface area (Å²) in [4.78, 5) is 12.0. The van der Waals surface area contributed by atoms with Crippen molar-refractivity contribution in [3.63, 3.8) is 0 Å². The van der Waals surface area contributed by atoms with Crippen molar-refractivity contribution in [2.24, 2.45) is 0 Å². The lowest BCUT2D eigenvalue weighted by atomic mass is 10.1. The van der Waals surface area contributed by atoms with E-state index in [0.29, 0.717) is 12.2 Å². The maximum Gasteiger partial charge on any atom is 0.356 e. The Balaban J connectivity index is 2.00. The zero-order valence-electron chi connectivity index (χ0n) is 13.2. The Hall–Kier alpha value is -2.88. The smallest absolute Gasteiger partial charge is 0.356 e. The number of rotatable bonds is 4. The summed E-state index contributed by atoms with van der Waals surface area (Å²) in [7, 11) is 1.38. The average Bonchev–Trinajstić information content (AvgIpc) is 2.99. The lowest BCUT2D eigenvalue weighted by Gasteiger charge is -2.05. The highest BCUT2D eigenvalue weighted by molar-refractivity contribution is 5.89. The van der Waals surface area contributed by atoms with Gasteiger partial charge in [-0.15, -0.1) is 0 Å². The highest BCUT2D eigenvalue weighted by Crippen LogP contribution is 2.21. The second-order valence-corrected chi connectivity index (χ2v) is 5.42. The molecule has 0 unspecified atom stereocenters. The molecule has 0 amide bonds. The third-order valence-corrected chi connectivity index (χ3v) is 3.70. The van der Waals surface area contributed by atoms with Crippen LogP contribution in [0.1, 0.15) is 21.6 Å². The summed E-state index contributed by atoms with van der Waals surface area (Å²) in [6.45, 7) is 2.56. The maximum absolute atomic E-state index is 12.0. The Labute approximate surface area is 135 Å². The second-order valence-electron chi connectivity index (χ2n) is 5.42. The van der Waals surface area contributed by atoms with E-state index in [1.807, 2.05) is 61.5 Å². The van der Waals surface area contributed by atoms with Gasteiger partial charge in [-0.3, -0.25) is 4.68 Å². The standard InChI is InChI=1S/C19H18N2O2/c1-14-8-10-16(11-9-14)17-12-18(19(22)23-2)21(20-17)13-15-6-4-3-5-7-15/h3-12H,13H2,1-2H3. The molecule has 0 aliphatic rings. The van der Waals surface area contributed by atoms with Gasteiger partial charge in [0.05, 0.1) is 19.3 Å². The van der Waals surface area contributed by atoms with Crippen LogP contribution in [-0.2, 0) is 11.3 Å². The summed E-state index contributed by atoms with van der Waals surface area (Å²) in [5, 5.41) is 4.59. The molecule has 0 aliphatic heterocycles. The van der Waals surface area contributed by atoms with Crippen LogP contribution in [0.4, 0.5) is 0 Å². The molecule has 116 valence electrons. The van der Waals surface area contributed by atoms with Gasteiger partial charge in [-0.05, 0) is 18.6 Å². The van der Waals surface area contributed by atoms with E-state index in [2.05, 4.69) is 5.10 Å². The molecule has 2 aromatic carbocycles. The fourth-order valence-electron chi connectivity index (χ4n) is 2.43. The largest absolute Gasteiger partial charge is 0.464 e. The number of carbonyl (C=O) groups excluding carboxylic acids is 1. The quantitative estimate of drug-likeness (QED) is 0.690. The van der Waals surface area contributed by atoms with Crippen LogP contribution in [-0.4, -0.2) is 22.9 Å². The maximum atomic E-state index is 12.0. The number of aryl methyl sites for hydroxylation is 1. The number of nitrogens with zero attached hydrogens (tertiary/aromatic N) is 2. The number of hydrogen-bond acceptors (Lipinski definition) is 3. The van der Waals surface area contributed by atoms with Crippen molar-refractivity contribution < 1.29 is 9.53 Å². The van der Waals surface area contributed by atoms with Crippen LogP contribution in [0.3, 0.4) is 0 Å². The van der Waals surface area contributed by atoms with Crippen LogP contribution < -0.4 is 0 Å². The second kappa shape index (κ2) is 6.48. The molecule has 0 saturated carbocycles. The van der Waals surface area contributed by atoms with Gasteiger partial charge in [0.25, 0.3) is 0 Å². The third-order valence-electron chi connectivity index (χ3n) is 3.70. The van der Waals surface area contributed by atoms with Gasteiger partial charge in [0.1, 0.15) is 5.69 Å². The van der Waals surface area contributed by atoms with Crippen LogP contribution >= 0.6 is 0 Å². The predicted octanol–water partition coefficient (Wildman–Crippen LogP) is 3.69. The van der Waals surface area contributed by atoms with Gasteiger partial charge < -0.3 is 4.74 Å². The first-order valence-corrected chi connectivity index (χ1v) is 7.44. The summed E-state index contributed by atoms with van der Waals surface area (Å²) in [5.74, 6) is -0.383. The van der Waals surface area contributed by atoms with Crippen molar-refractivity contribution in [2.45, 2.75) is 13.5 Å². The van der Waals surface area contributed by atoms with Gasteiger partial charge in [0.2, 0.25) is 0 Å². The van der Waals surface area contributed by atoms with E-state index in [4.69, 9.17) is 4.74 Å². The van der Waals surface area contributed by atoms with E-state index in [0.717, 1.165) is 16.8 Å². The lowest BCUT2D eigenvalue weighted by Crippen LogP contribution is -2.12. The average molecular weight is 306 g/mol. The fourth-order valence-corrected chi connectivity index (χ4v) is 2.43. The topological polar surface area (TPSA) is 44.1 Å². The minimum absolute atomic E-state index is 0.383. The lowest BCUT2D eigenvalue weighted by molar-refractivity contribution is 0.0587. The van der Waals surface area contributed by atoms with E-state index < -0.39 is 0 Å². The van der Waals surface area contributed by atoms with Crippen molar-refractivity contribution in [3.05, 3.63) is 77.5 Å². The molecule has 3 rings (SSSR count). The Kier molecular flexibility index (Phi) is 4.24. The number of esters is 1. The van der Waals surface area contributed by atoms with Crippen LogP contribution in [0.2, 0.25) is 0 Å². The number of methoxy groups -OCH3 is 1. The monoisotopic (exact) mass is 306 g/mol. The van der Waals surface area contributed by atoms with E-state index in [1.165, 1.54) is 12.7 Å². The van der Waals surface area contributed by atoms with Crippen molar-refractivity contribution in [3.8, 4) is 11.3 Å². The van der Waals surface area contributed by atoms with Crippen molar-refractivity contribution in [1.29, 1.82) is 0 Å². The molecule has 0 radical (unpaired) electrons. The van der Waals surface area contributed by atoms with Gasteiger partial charge in [0.15, 0.2) is 0 Å². The number of ether oxygens (including phenoxy) is 1. The Morgan fingerprint density at radius 2 is 1.78 bits per heavy atom. The van der Waals surface area contributed by atoms with Gasteiger partial charge in [-0.1, -0.05) is 60.2 Å². The summed E-state index contributed by atoms with van der Waals surface area (Å²) >= 11 is 0. The summed E-state index contributed by atoms with van der Waals surface area (Å²) in [6, 6.07) is 19.8. The zero-order chi connectivity index (χ0) is 16.2. The van der Waals surface area contributed by atoms with Crippen LogP contribution in [0.5, 0.6) is 0 Å². The number of aromatic nitrogens is 2. The molecular weight excluding hydrogens is 288 g/mol. The van der Waals surface area contributed by atoms with Gasteiger partial charge in [-0.25, -0.2) is 4.79 Å². The normalized spacial score (nSPS) is 10.5. The molecule has 0 atom stereocenters. The molecule has 0 saturated heterocycles. The number of hydrogen-bond donors (Lipinski definition) is 0. The molecule has 0 fully saturated rings. The molecule has 1 heterocycles. The van der Waals surface area contributed by atoms with Gasteiger partial charge in [0, 0.05) is 5.56 Å². The van der Waals surface area contributed by atoms with E-state index in [-0.39, 0.29) is 5.97 Å². The van der Waals surface area contributed by atoms with Crippen LogP contribution in [0.25, 0.3) is 11.3 Å². The molecule has 4 heteroatoms. The molecule has 4 nitrogen and oxygen atoms in total. The van der Waals surface area contributed by atoms with Crippen molar-refractivity contribution in [2.75, 3.05) is 7.11 Å². The van der Waals surface area contributed by atoms with E-state index >= 15 is 0 Å². The van der Waals surface area contributed by atoms with Crippen molar-refractivity contribution in [1.82, 2.24) is 9.78 Å². The molecule has 0 spiro atoms. The first-order chi connectivity index (χ1) is 11.2. The molecule has 23 heavy (non-hydrogen) atoms. The van der Waals surface area contributed by atoms with Crippen LogP contribution in [0.15, 0.2) is 60.7 Å². The predicted molar refractivity (Wildman–Crippen MR) is 89.3 cm³/mol. The fraction of sp³-hybridized carbons (Fsp3) is 0.158.